The minimum Gasteiger partial charge on any atom is -0.212 e. The van der Waals surface area contributed by atoms with E-state index >= 15 is 0 Å². The average Bonchev–Trinajstić information content (AvgIpc) is 2.27. The van der Waals surface area contributed by atoms with Gasteiger partial charge in [-0.1, -0.05) is 32.9 Å². The summed E-state index contributed by atoms with van der Waals surface area (Å²) in [6.45, 7) is 5.69. The summed E-state index contributed by atoms with van der Waals surface area (Å²) in [6, 6.07) is 5.61. The summed E-state index contributed by atoms with van der Waals surface area (Å²) in [5, 5.41) is 0. The summed E-state index contributed by atoms with van der Waals surface area (Å²) in [4.78, 5) is 0. The van der Waals surface area contributed by atoms with Gasteiger partial charge in [0, 0.05) is 6.04 Å². The minimum absolute atomic E-state index is 0.0992. The van der Waals surface area contributed by atoms with E-state index in [0.29, 0.717) is 6.42 Å². The first-order chi connectivity index (χ1) is 8.35. The van der Waals surface area contributed by atoms with Gasteiger partial charge in [0.15, 0.2) is 0 Å². The van der Waals surface area contributed by atoms with Crippen molar-refractivity contribution >= 4 is 10.0 Å². The summed E-state index contributed by atoms with van der Waals surface area (Å²) < 4.78 is 39.2. The number of benzene rings is 1. The van der Waals surface area contributed by atoms with Crippen LogP contribution in [0.1, 0.15) is 38.8 Å². The highest BCUT2D eigenvalue weighted by Gasteiger charge is 2.21. The molecule has 0 heterocycles. The zero-order valence-corrected chi connectivity index (χ0v) is 11.8. The number of nitrogens with one attached hydrogen (secondary N) is 1. The van der Waals surface area contributed by atoms with E-state index in [1.807, 2.05) is 20.8 Å². The maximum Gasteiger partial charge on any atom is 0.212 e. The van der Waals surface area contributed by atoms with Crippen molar-refractivity contribution in [2.45, 2.75) is 33.2 Å². The Bertz CT molecular complexity index is 468. The first kappa shape index (κ1) is 15.1. The molecule has 0 radical (unpaired) electrons. The normalized spacial score (nSPS) is 13.8. The molecular weight excluding hydrogens is 253 g/mol. The fourth-order valence-electron chi connectivity index (χ4n) is 1.78. The molecule has 1 unspecified atom stereocenters. The van der Waals surface area contributed by atoms with Crippen LogP contribution in [0.3, 0.4) is 0 Å². The van der Waals surface area contributed by atoms with Gasteiger partial charge >= 0.3 is 0 Å². The fraction of sp³-hybridized carbons (Fsp3) is 0.538. The van der Waals surface area contributed by atoms with E-state index in [4.69, 9.17) is 0 Å². The molecule has 18 heavy (non-hydrogen) atoms. The van der Waals surface area contributed by atoms with E-state index in [-0.39, 0.29) is 23.5 Å². The first-order valence-electron chi connectivity index (χ1n) is 6.11. The molecule has 0 bridgehead atoms. The summed E-state index contributed by atoms with van der Waals surface area (Å²) in [7, 11) is -3.28. The van der Waals surface area contributed by atoms with Gasteiger partial charge in [-0.3, -0.25) is 0 Å². The second kappa shape index (κ2) is 6.29. The summed E-state index contributed by atoms with van der Waals surface area (Å²) in [5.41, 5.74) is 0.783. The predicted molar refractivity (Wildman–Crippen MR) is 71.2 cm³/mol. The van der Waals surface area contributed by atoms with Crippen LogP contribution in [-0.4, -0.2) is 14.2 Å². The second-order valence-electron chi connectivity index (χ2n) is 4.71. The molecule has 0 aromatic heterocycles. The Labute approximate surface area is 108 Å². The number of halogens is 1. The van der Waals surface area contributed by atoms with Gasteiger partial charge < -0.3 is 0 Å². The monoisotopic (exact) mass is 273 g/mol. The van der Waals surface area contributed by atoms with Crippen molar-refractivity contribution in [3.05, 3.63) is 35.6 Å². The molecule has 0 amide bonds. The fourth-order valence-corrected chi connectivity index (χ4v) is 3.23. The Kier molecular flexibility index (Phi) is 5.28. The molecule has 0 aliphatic heterocycles. The predicted octanol–water partition coefficient (Wildman–Crippen LogP) is 2.85. The van der Waals surface area contributed by atoms with Gasteiger partial charge in [0.25, 0.3) is 0 Å². The molecular formula is C13H20FNO2S. The van der Waals surface area contributed by atoms with Crippen LogP contribution in [0.25, 0.3) is 0 Å². The maximum absolute atomic E-state index is 12.9. The Morgan fingerprint density at radius 2 is 1.78 bits per heavy atom. The van der Waals surface area contributed by atoms with Gasteiger partial charge in [-0.15, -0.1) is 0 Å². The zero-order valence-electron chi connectivity index (χ0n) is 11.0. The first-order valence-corrected chi connectivity index (χ1v) is 7.76. The largest absolute Gasteiger partial charge is 0.212 e. The van der Waals surface area contributed by atoms with Crippen molar-refractivity contribution < 1.29 is 12.8 Å². The van der Waals surface area contributed by atoms with Crippen LogP contribution >= 0.6 is 0 Å². The lowest BCUT2D eigenvalue weighted by molar-refractivity contribution is 0.462. The molecule has 1 aromatic rings. The third kappa shape index (κ3) is 4.38. The maximum atomic E-state index is 12.9. The molecule has 0 saturated heterocycles. The molecule has 0 aliphatic carbocycles. The molecule has 0 spiro atoms. The number of hydrogen-bond donors (Lipinski definition) is 1. The average molecular weight is 273 g/mol. The van der Waals surface area contributed by atoms with Crippen LogP contribution in [-0.2, 0) is 10.0 Å². The Balaban J connectivity index is 2.94. The van der Waals surface area contributed by atoms with Crippen molar-refractivity contribution in [2.24, 2.45) is 5.92 Å². The summed E-state index contributed by atoms with van der Waals surface area (Å²) >= 11 is 0. The van der Waals surface area contributed by atoms with Gasteiger partial charge in [0.05, 0.1) is 5.75 Å². The standard InChI is InChI=1S/C13H20FNO2S/c1-4-9-18(16,17)15-13(10(2)3)11-5-7-12(14)8-6-11/h5-8,10,13,15H,4,9H2,1-3H3. The lowest BCUT2D eigenvalue weighted by Crippen LogP contribution is -2.33. The number of sulfonamides is 1. The van der Waals surface area contributed by atoms with E-state index in [1.54, 1.807) is 12.1 Å². The van der Waals surface area contributed by atoms with Crippen LogP contribution in [0.5, 0.6) is 0 Å². The molecule has 0 fully saturated rings. The third-order valence-electron chi connectivity index (χ3n) is 2.68. The lowest BCUT2D eigenvalue weighted by Gasteiger charge is -2.22. The van der Waals surface area contributed by atoms with E-state index in [0.717, 1.165) is 5.56 Å². The number of rotatable bonds is 6. The highest BCUT2D eigenvalue weighted by atomic mass is 32.2. The minimum atomic E-state index is -3.28. The van der Waals surface area contributed by atoms with Gasteiger partial charge in [-0.25, -0.2) is 17.5 Å². The van der Waals surface area contributed by atoms with Crippen molar-refractivity contribution in [3.63, 3.8) is 0 Å². The lowest BCUT2D eigenvalue weighted by atomic mass is 9.97. The quantitative estimate of drug-likeness (QED) is 0.866. The summed E-state index contributed by atoms with van der Waals surface area (Å²) in [6.07, 6.45) is 0.573. The van der Waals surface area contributed by atoms with Crippen molar-refractivity contribution in [1.29, 1.82) is 0 Å². The molecule has 1 atom stereocenters. The topological polar surface area (TPSA) is 46.2 Å². The molecule has 0 aliphatic rings. The van der Waals surface area contributed by atoms with Crippen LogP contribution in [0, 0.1) is 11.7 Å². The molecule has 3 nitrogen and oxygen atoms in total. The molecule has 102 valence electrons. The van der Waals surface area contributed by atoms with Crippen LogP contribution in [0.2, 0.25) is 0 Å². The zero-order chi connectivity index (χ0) is 13.8. The molecule has 5 heteroatoms. The molecule has 1 N–H and O–H groups in total. The molecule has 1 rings (SSSR count). The molecule has 1 aromatic carbocycles. The van der Waals surface area contributed by atoms with E-state index < -0.39 is 10.0 Å². The second-order valence-corrected chi connectivity index (χ2v) is 6.58. The van der Waals surface area contributed by atoms with Gasteiger partial charge in [-0.05, 0) is 30.0 Å². The number of hydrogen-bond acceptors (Lipinski definition) is 2. The summed E-state index contributed by atoms with van der Waals surface area (Å²) in [5.74, 6) is -0.114. The van der Waals surface area contributed by atoms with E-state index in [9.17, 15) is 12.8 Å². The molecule has 0 saturated carbocycles. The van der Waals surface area contributed by atoms with Crippen molar-refractivity contribution in [1.82, 2.24) is 4.72 Å². The van der Waals surface area contributed by atoms with Gasteiger partial charge in [0.2, 0.25) is 10.0 Å². The van der Waals surface area contributed by atoms with Crippen molar-refractivity contribution in [2.75, 3.05) is 5.75 Å². The highest BCUT2D eigenvalue weighted by Crippen LogP contribution is 2.22. The Hall–Kier alpha value is -0.940. The SMILES string of the molecule is CCCS(=O)(=O)NC(c1ccc(F)cc1)C(C)C. The smallest absolute Gasteiger partial charge is 0.212 e. The van der Waals surface area contributed by atoms with Crippen molar-refractivity contribution in [3.8, 4) is 0 Å². The van der Waals surface area contributed by atoms with Crippen LogP contribution in [0.15, 0.2) is 24.3 Å². The van der Waals surface area contributed by atoms with Gasteiger partial charge in [-0.2, -0.15) is 0 Å². The third-order valence-corrected chi connectivity index (χ3v) is 4.23. The van der Waals surface area contributed by atoms with Crippen LogP contribution in [0.4, 0.5) is 4.39 Å². The van der Waals surface area contributed by atoms with E-state index in [2.05, 4.69) is 4.72 Å². The highest BCUT2D eigenvalue weighted by molar-refractivity contribution is 7.89. The Morgan fingerprint density at radius 3 is 2.22 bits per heavy atom. The van der Waals surface area contributed by atoms with Crippen LogP contribution < -0.4 is 4.72 Å². The van der Waals surface area contributed by atoms with E-state index in [1.165, 1.54) is 12.1 Å². The van der Waals surface area contributed by atoms with Gasteiger partial charge in [0.1, 0.15) is 5.82 Å². The Morgan fingerprint density at radius 1 is 1.22 bits per heavy atom.